The molecule has 0 unspecified atom stereocenters. The normalized spacial score (nSPS) is 22.7. The van der Waals surface area contributed by atoms with E-state index in [1.807, 2.05) is 24.3 Å². The summed E-state index contributed by atoms with van der Waals surface area (Å²) in [6.07, 6.45) is 6.06. The van der Waals surface area contributed by atoms with Crippen molar-refractivity contribution in [2.75, 3.05) is 37.6 Å². The van der Waals surface area contributed by atoms with E-state index < -0.39 is 6.04 Å². The molecule has 11 nitrogen and oxygen atoms in total. The highest BCUT2D eigenvalue weighted by atomic mass is 35.5. The Morgan fingerprint density at radius 3 is 2.33 bits per heavy atom. The van der Waals surface area contributed by atoms with Crippen molar-refractivity contribution < 1.29 is 23.9 Å². The number of amides is 4. The van der Waals surface area contributed by atoms with Crippen molar-refractivity contribution in [3.63, 3.8) is 0 Å². The fraction of sp³-hybridized carbons (Fsp3) is 0.489. The van der Waals surface area contributed by atoms with Crippen LogP contribution in [0.2, 0.25) is 5.02 Å². The molecule has 3 aromatic carbocycles. The third-order valence-electron chi connectivity index (χ3n) is 12.6. The summed E-state index contributed by atoms with van der Waals surface area (Å²) in [7, 11) is 0. The Labute approximate surface area is 340 Å². The summed E-state index contributed by atoms with van der Waals surface area (Å²) in [5, 5.41) is 15.2. The standard InChI is InChI=1S/C45H53ClN6O5/c1-44(2)42(45(3,4)43(44)57-34-16-14-31(27-47)36(46)26-34)49-39(54)30-12-10-29(11-13-30)9-7-5-6-8-20-50-21-23-51(24-22-50)33-15-17-35-32(25-33)28-52(41(35)56)37-18-19-38(53)48-40(37)55/h10-17,25-26,37,42-43H,5-9,18-24,28H2,1-4H3,(H,49,54)(H,48,53,55)/t37-,42?,43?/m0/s1. The summed E-state index contributed by atoms with van der Waals surface area (Å²) in [5.41, 5.74) is 4.34. The fourth-order valence-electron chi connectivity index (χ4n) is 9.64. The zero-order valence-corrected chi connectivity index (χ0v) is 34.2. The number of aryl methyl sites for hydroxylation is 1. The van der Waals surface area contributed by atoms with Gasteiger partial charge in [0.25, 0.3) is 11.8 Å². The van der Waals surface area contributed by atoms with E-state index in [2.05, 4.69) is 72.4 Å². The number of unbranched alkanes of at least 4 members (excludes halogenated alkanes) is 3. The highest BCUT2D eigenvalue weighted by Gasteiger charge is 2.64. The number of rotatable bonds is 13. The Morgan fingerprint density at radius 1 is 0.930 bits per heavy atom. The van der Waals surface area contributed by atoms with E-state index in [1.165, 1.54) is 12.0 Å². The topological polar surface area (TPSA) is 135 Å². The number of carbonyl (C=O) groups excluding carboxylic acids is 4. The van der Waals surface area contributed by atoms with Crippen molar-refractivity contribution in [2.24, 2.45) is 10.8 Å². The number of halogens is 1. The summed E-state index contributed by atoms with van der Waals surface area (Å²) in [5.74, 6) is -0.275. The van der Waals surface area contributed by atoms with Gasteiger partial charge in [-0.1, -0.05) is 64.3 Å². The Kier molecular flexibility index (Phi) is 11.7. The zero-order valence-electron chi connectivity index (χ0n) is 33.4. The Bertz CT molecular complexity index is 2050. The number of piperazine rings is 1. The molecular weight excluding hydrogens is 740 g/mol. The lowest BCUT2D eigenvalue weighted by atomic mass is 9.49. The third-order valence-corrected chi connectivity index (χ3v) is 12.9. The third kappa shape index (κ3) is 8.39. The molecule has 1 aliphatic carbocycles. The molecule has 0 radical (unpaired) electrons. The van der Waals surface area contributed by atoms with Crippen LogP contribution in [0.4, 0.5) is 5.69 Å². The van der Waals surface area contributed by atoms with Crippen LogP contribution in [0.3, 0.4) is 0 Å². The molecule has 0 bridgehead atoms. The van der Waals surface area contributed by atoms with E-state index in [4.69, 9.17) is 16.3 Å². The molecule has 0 aromatic heterocycles. The Balaban J connectivity index is 0.791. The summed E-state index contributed by atoms with van der Waals surface area (Å²) in [6.45, 7) is 13.7. The molecule has 2 N–H and O–H groups in total. The highest BCUT2D eigenvalue weighted by Crippen LogP contribution is 2.55. The van der Waals surface area contributed by atoms with E-state index in [-0.39, 0.29) is 53.0 Å². The van der Waals surface area contributed by atoms with E-state index in [9.17, 15) is 24.4 Å². The molecule has 3 aromatic rings. The van der Waals surface area contributed by atoms with Crippen LogP contribution in [0.15, 0.2) is 60.7 Å². The summed E-state index contributed by atoms with van der Waals surface area (Å²) in [4.78, 5) is 56.9. The molecule has 0 spiro atoms. The van der Waals surface area contributed by atoms with Gasteiger partial charge in [-0.15, -0.1) is 0 Å². The Morgan fingerprint density at radius 2 is 1.65 bits per heavy atom. The SMILES string of the molecule is CC1(C)C(NC(=O)c2ccc(CCCCCCN3CCN(c4ccc5c(c4)CN([C@H]4CCC(=O)NC4=O)C5=O)CC3)cc2)C(C)(C)C1Oc1ccc(C#N)c(Cl)c1. The number of nitrogens with zero attached hydrogens (tertiary/aromatic N) is 4. The lowest BCUT2D eigenvalue weighted by molar-refractivity contribution is -0.164. The van der Waals surface area contributed by atoms with Crippen LogP contribution in [0.1, 0.15) is 104 Å². The Hall–Kier alpha value is -4.92. The largest absolute Gasteiger partial charge is 0.489 e. The number of nitrogens with one attached hydrogen (secondary N) is 2. The molecule has 1 saturated carbocycles. The molecule has 300 valence electrons. The minimum atomic E-state index is -0.596. The summed E-state index contributed by atoms with van der Waals surface area (Å²) >= 11 is 6.24. The smallest absolute Gasteiger partial charge is 0.255 e. The number of hydrogen-bond donors (Lipinski definition) is 2. The van der Waals surface area contributed by atoms with Gasteiger partial charge in [-0.2, -0.15) is 5.26 Å². The van der Waals surface area contributed by atoms with Gasteiger partial charge in [0.05, 0.1) is 10.6 Å². The first-order chi connectivity index (χ1) is 27.3. The number of hydrogen-bond acceptors (Lipinski definition) is 8. The van der Waals surface area contributed by atoms with Crippen LogP contribution >= 0.6 is 11.6 Å². The maximum Gasteiger partial charge on any atom is 0.255 e. The van der Waals surface area contributed by atoms with E-state index >= 15 is 0 Å². The van der Waals surface area contributed by atoms with Crippen LogP contribution in [0.5, 0.6) is 5.75 Å². The van der Waals surface area contributed by atoms with Crippen molar-refractivity contribution in [2.45, 2.75) is 97.4 Å². The molecule has 3 fully saturated rings. The van der Waals surface area contributed by atoms with Gasteiger partial charge in [0.2, 0.25) is 11.8 Å². The lowest BCUT2D eigenvalue weighted by Crippen LogP contribution is -2.74. The molecule has 2 saturated heterocycles. The van der Waals surface area contributed by atoms with Gasteiger partial charge >= 0.3 is 0 Å². The lowest BCUT2D eigenvalue weighted by Gasteiger charge is -2.63. The van der Waals surface area contributed by atoms with Gasteiger partial charge < -0.3 is 19.9 Å². The quantitative estimate of drug-likeness (QED) is 0.148. The first-order valence-electron chi connectivity index (χ1n) is 20.3. The molecule has 4 aliphatic rings. The van der Waals surface area contributed by atoms with E-state index in [0.717, 1.165) is 69.7 Å². The number of nitriles is 1. The number of fused-ring (bicyclic) bond motifs is 1. The van der Waals surface area contributed by atoms with Crippen molar-refractivity contribution in [1.29, 1.82) is 5.26 Å². The minimum Gasteiger partial charge on any atom is -0.489 e. The van der Waals surface area contributed by atoms with Crippen molar-refractivity contribution in [1.82, 2.24) is 20.4 Å². The first-order valence-corrected chi connectivity index (χ1v) is 20.6. The molecule has 12 heteroatoms. The minimum absolute atomic E-state index is 0.0875. The number of ether oxygens (including phenoxy) is 1. The second-order valence-corrected chi connectivity index (χ2v) is 17.6. The molecule has 3 heterocycles. The molecule has 1 atom stereocenters. The van der Waals surface area contributed by atoms with Crippen LogP contribution in [0.25, 0.3) is 0 Å². The molecule has 7 rings (SSSR count). The van der Waals surface area contributed by atoms with Gasteiger partial charge in [0.15, 0.2) is 0 Å². The maximum atomic E-state index is 13.4. The van der Waals surface area contributed by atoms with Crippen LogP contribution in [-0.2, 0) is 22.6 Å². The van der Waals surface area contributed by atoms with Crippen LogP contribution < -0.4 is 20.3 Å². The summed E-state index contributed by atoms with van der Waals surface area (Å²) in [6, 6.07) is 20.5. The number of benzene rings is 3. The van der Waals surface area contributed by atoms with Crippen molar-refractivity contribution in [3.05, 3.63) is 93.5 Å². The van der Waals surface area contributed by atoms with Gasteiger partial charge in [0.1, 0.15) is 24.0 Å². The second kappa shape index (κ2) is 16.5. The number of imide groups is 1. The monoisotopic (exact) mass is 792 g/mol. The highest BCUT2D eigenvalue weighted by molar-refractivity contribution is 6.31. The predicted octanol–water partition coefficient (Wildman–Crippen LogP) is 6.51. The zero-order chi connectivity index (χ0) is 40.5. The number of piperidine rings is 1. The fourth-order valence-corrected chi connectivity index (χ4v) is 9.85. The molecule has 3 aliphatic heterocycles. The van der Waals surface area contributed by atoms with Gasteiger partial charge in [-0.25, -0.2) is 0 Å². The molecular formula is C45H53ClN6O5. The number of carbonyl (C=O) groups is 4. The predicted molar refractivity (Wildman–Crippen MR) is 219 cm³/mol. The second-order valence-electron chi connectivity index (χ2n) is 17.2. The molecule has 57 heavy (non-hydrogen) atoms. The average molecular weight is 793 g/mol. The maximum absolute atomic E-state index is 13.4. The van der Waals surface area contributed by atoms with E-state index in [1.54, 1.807) is 23.1 Å². The van der Waals surface area contributed by atoms with Gasteiger partial charge in [0, 0.05) is 78.9 Å². The van der Waals surface area contributed by atoms with Gasteiger partial charge in [-0.05, 0) is 85.8 Å². The van der Waals surface area contributed by atoms with Crippen LogP contribution in [0, 0.1) is 22.2 Å². The number of anilines is 1. The first kappa shape index (κ1) is 40.3. The van der Waals surface area contributed by atoms with Gasteiger partial charge in [-0.3, -0.25) is 29.4 Å². The van der Waals surface area contributed by atoms with Crippen molar-refractivity contribution in [3.8, 4) is 11.8 Å². The molecule has 4 amide bonds. The van der Waals surface area contributed by atoms with Crippen molar-refractivity contribution >= 4 is 40.9 Å². The summed E-state index contributed by atoms with van der Waals surface area (Å²) < 4.78 is 6.37. The average Bonchev–Trinajstić information content (AvgIpc) is 3.52. The van der Waals surface area contributed by atoms with E-state index in [0.29, 0.717) is 40.4 Å². The van der Waals surface area contributed by atoms with Crippen LogP contribution in [-0.4, -0.2) is 84.3 Å².